The van der Waals surface area contributed by atoms with Crippen molar-refractivity contribution in [3.63, 3.8) is 0 Å². The van der Waals surface area contributed by atoms with E-state index in [1.54, 1.807) is 50.2 Å². The number of para-hydroxylation sites is 1. The molecule has 0 atom stereocenters. The van der Waals surface area contributed by atoms with Crippen LogP contribution in [-0.2, 0) is 10.3 Å². The van der Waals surface area contributed by atoms with E-state index in [2.05, 4.69) is 10.4 Å². The molecule has 0 saturated carbocycles. The van der Waals surface area contributed by atoms with Crippen molar-refractivity contribution in [2.24, 2.45) is 0 Å². The molecule has 0 spiro atoms. The van der Waals surface area contributed by atoms with Crippen LogP contribution in [0.2, 0.25) is 5.02 Å². The molecule has 3 aromatic rings. The fourth-order valence-electron chi connectivity index (χ4n) is 2.52. The number of amides is 1. The van der Waals surface area contributed by atoms with E-state index in [-0.39, 0.29) is 5.82 Å². The number of carbonyl (C=O) groups excluding carboxylic acids is 1. The summed E-state index contributed by atoms with van der Waals surface area (Å²) in [5.74, 6) is -0.812. The van der Waals surface area contributed by atoms with Gasteiger partial charge in [-0.2, -0.15) is 5.10 Å². The van der Waals surface area contributed by atoms with Crippen molar-refractivity contribution >= 4 is 23.2 Å². The first kappa shape index (κ1) is 18.8. The minimum atomic E-state index is -1.29. The molecule has 5 nitrogen and oxygen atoms in total. The average molecular weight is 386 g/mol. The fraction of sp³-hybridized carbons (Fsp3) is 0.150. The summed E-state index contributed by atoms with van der Waals surface area (Å²) in [6, 6.07) is 15.4. The van der Waals surface area contributed by atoms with E-state index < -0.39 is 17.0 Å². The van der Waals surface area contributed by atoms with E-state index in [1.807, 2.05) is 0 Å². The van der Waals surface area contributed by atoms with E-state index in [4.69, 9.17) is 11.6 Å². The average Bonchev–Trinajstić information content (AvgIpc) is 2.64. The first-order chi connectivity index (χ1) is 12.8. The number of benzene rings is 2. The highest BCUT2D eigenvalue weighted by Gasteiger charge is 2.32. The zero-order valence-electron chi connectivity index (χ0n) is 14.7. The zero-order valence-corrected chi connectivity index (χ0v) is 15.5. The third-order valence-corrected chi connectivity index (χ3v) is 4.48. The van der Waals surface area contributed by atoms with Gasteiger partial charge in [0.05, 0.1) is 16.4 Å². The van der Waals surface area contributed by atoms with Gasteiger partial charge in [-0.05, 0) is 56.3 Å². The highest BCUT2D eigenvalue weighted by Crippen LogP contribution is 2.24. The summed E-state index contributed by atoms with van der Waals surface area (Å²) in [7, 11) is 0. The summed E-state index contributed by atoms with van der Waals surface area (Å²) in [5, 5.41) is 7.43. The van der Waals surface area contributed by atoms with E-state index >= 15 is 0 Å². The van der Waals surface area contributed by atoms with Gasteiger partial charge in [0.15, 0.2) is 0 Å². The van der Waals surface area contributed by atoms with Gasteiger partial charge in [0.25, 0.3) is 11.5 Å². The van der Waals surface area contributed by atoms with Gasteiger partial charge in [0, 0.05) is 11.6 Å². The van der Waals surface area contributed by atoms with Crippen LogP contribution in [0.15, 0.2) is 65.5 Å². The van der Waals surface area contributed by atoms with E-state index in [0.717, 1.165) is 4.68 Å². The SMILES string of the molecule is CC(C)(C(=O)Nc1ccccc1Cl)n1nc(-c2ccc(F)cc2)ccc1=O. The molecule has 7 heteroatoms. The van der Waals surface area contributed by atoms with Crippen molar-refractivity contribution in [1.82, 2.24) is 9.78 Å². The molecule has 0 aliphatic carbocycles. The molecular weight excluding hydrogens is 369 g/mol. The normalized spacial score (nSPS) is 11.3. The van der Waals surface area contributed by atoms with E-state index in [9.17, 15) is 14.0 Å². The van der Waals surface area contributed by atoms with Gasteiger partial charge in [-0.3, -0.25) is 9.59 Å². The Morgan fingerprint density at radius 2 is 1.74 bits per heavy atom. The fourth-order valence-corrected chi connectivity index (χ4v) is 2.70. The van der Waals surface area contributed by atoms with Crippen molar-refractivity contribution in [2.75, 3.05) is 5.32 Å². The Bertz CT molecular complexity index is 1050. The van der Waals surface area contributed by atoms with Gasteiger partial charge < -0.3 is 5.32 Å². The zero-order chi connectivity index (χ0) is 19.6. The molecule has 1 aromatic heterocycles. The van der Waals surface area contributed by atoms with Crippen LogP contribution in [0, 0.1) is 5.82 Å². The summed E-state index contributed by atoms with van der Waals surface area (Å²) in [5.41, 5.74) is -0.187. The Morgan fingerprint density at radius 1 is 1.07 bits per heavy atom. The van der Waals surface area contributed by atoms with Crippen molar-refractivity contribution in [3.05, 3.63) is 81.9 Å². The van der Waals surface area contributed by atoms with Crippen molar-refractivity contribution in [1.29, 1.82) is 0 Å². The number of aromatic nitrogens is 2. The molecule has 0 saturated heterocycles. The molecule has 0 aliphatic rings. The molecule has 2 aromatic carbocycles. The lowest BCUT2D eigenvalue weighted by Crippen LogP contribution is -2.47. The number of nitrogens with one attached hydrogen (secondary N) is 1. The maximum Gasteiger partial charge on any atom is 0.267 e. The molecule has 0 unspecified atom stereocenters. The van der Waals surface area contributed by atoms with Crippen LogP contribution in [0.1, 0.15) is 13.8 Å². The van der Waals surface area contributed by atoms with Crippen LogP contribution in [-0.4, -0.2) is 15.7 Å². The second-order valence-electron chi connectivity index (χ2n) is 6.47. The minimum Gasteiger partial charge on any atom is -0.323 e. The highest BCUT2D eigenvalue weighted by atomic mass is 35.5. The smallest absolute Gasteiger partial charge is 0.267 e. The van der Waals surface area contributed by atoms with E-state index in [1.165, 1.54) is 24.3 Å². The summed E-state index contributed by atoms with van der Waals surface area (Å²) in [4.78, 5) is 25.2. The number of hydrogen-bond donors (Lipinski definition) is 1. The molecule has 1 N–H and O–H groups in total. The van der Waals surface area contributed by atoms with Crippen molar-refractivity contribution in [3.8, 4) is 11.3 Å². The number of hydrogen-bond acceptors (Lipinski definition) is 3. The lowest BCUT2D eigenvalue weighted by Gasteiger charge is -2.25. The molecule has 0 aliphatic heterocycles. The second kappa shape index (κ2) is 7.32. The molecule has 27 heavy (non-hydrogen) atoms. The molecule has 3 rings (SSSR count). The summed E-state index contributed by atoms with van der Waals surface area (Å²) < 4.78 is 14.3. The van der Waals surface area contributed by atoms with Gasteiger partial charge in [-0.1, -0.05) is 23.7 Å². The van der Waals surface area contributed by atoms with Crippen LogP contribution < -0.4 is 10.9 Å². The Balaban J connectivity index is 1.97. The maximum absolute atomic E-state index is 13.1. The summed E-state index contributed by atoms with van der Waals surface area (Å²) in [6.45, 7) is 3.17. The van der Waals surface area contributed by atoms with E-state index in [0.29, 0.717) is 22.0 Å². The topological polar surface area (TPSA) is 64.0 Å². The number of nitrogens with zero attached hydrogens (tertiary/aromatic N) is 2. The number of anilines is 1. The minimum absolute atomic E-state index is 0.369. The van der Waals surface area contributed by atoms with Gasteiger partial charge in [-0.25, -0.2) is 9.07 Å². The molecule has 0 radical (unpaired) electrons. The third kappa shape index (κ3) is 3.90. The van der Waals surface area contributed by atoms with Crippen LogP contribution >= 0.6 is 11.6 Å². The Labute approximate surface area is 160 Å². The predicted molar refractivity (Wildman–Crippen MR) is 103 cm³/mol. The van der Waals surface area contributed by atoms with Gasteiger partial charge >= 0.3 is 0 Å². The number of halogens is 2. The predicted octanol–water partition coefficient (Wildman–Crippen LogP) is 4.08. The molecular formula is C20H17ClFN3O2. The monoisotopic (exact) mass is 385 g/mol. The molecule has 1 heterocycles. The standard InChI is InChI=1S/C20H17ClFN3O2/c1-20(2,19(27)23-17-6-4-3-5-15(17)21)25-18(26)12-11-16(24-25)13-7-9-14(22)10-8-13/h3-12H,1-2H3,(H,23,27). The molecule has 0 fully saturated rings. The first-order valence-electron chi connectivity index (χ1n) is 8.22. The number of rotatable bonds is 4. The Morgan fingerprint density at radius 3 is 2.41 bits per heavy atom. The molecule has 0 bridgehead atoms. The third-order valence-electron chi connectivity index (χ3n) is 4.15. The summed E-state index contributed by atoms with van der Waals surface area (Å²) in [6.07, 6.45) is 0. The van der Waals surface area contributed by atoms with Crippen LogP contribution in [0.3, 0.4) is 0 Å². The highest BCUT2D eigenvalue weighted by molar-refractivity contribution is 6.33. The first-order valence-corrected chi connectivity index (χ1v) is 8.59. The lowest BCUT2D eigenvalue weighted by molar-refractivity contribution is -0.123. The molecule has 1 amide bonds. The quantitative estimate of drug-likeness (QED) is 0.736. The maximum atomic E-state index is 13.1. The van der Waals surface area contributed by atoms with Gasteiger partial charge in [-0.15, -0.1) is 0 Å². The van der Waals surface area contributed by atoms with Crippen molar-refractivity contribution < 1.29 is 9.18 Å². The van der Waals surface area contributed by atoms with Crippen molar-refractivity contribution in [2.45, 2.75) is 19.4 Å². The second-order valence-corrected chi connectivity index (χ2v) is 6.88. The van der Waals surface area contributed by atoms with Crippen LogP contribution in [0.25, 0.3) is 11.3 Å². The van der Waals surface area contributed by atoms with Crippen LogP contribution in [0.5, 0.6) is 0 Å². The number of carbonyl (C=O) groups is 1. The van der Waals surface area contributed by atoms with Gasteiger partial charge in [0.2, 0.25) is 0 Å². The Kier molecular flexibility index (Phi) is 5.10. The largest absolute Gasteiger partial charge is 0.323 e. The van der Waals surface area contributed by atoms with Crippen LogP contribution in [0.4, 0.5) is 10.1 Å². The Hall–Kier alpha value is -2.99. The molecule has 138 valence electrons. The summed E-state index contributed by atoms with van der Waals surface area (Å²) >= 11 is 6.08. The lowest BCUT2D eigenvalue weighted by atomic mass is 10.0. The van der Waals surface area contributed by atoms with Gasteiger partial charge in [0.1, 0.15) is 11.4 Å².